The van der Waals surface area contributed by atoms with Crippen molar-refractivity contribution >= 4 is 11.7 Å². The molecule has 128 valence electrons. The van der Waals surface area contributed by atoms with Gasteiger partial charge >= 0.3 is 5.97 Å². The minimum absolute atomic E-state index is 0.0333. The quantitative estimate of drug-likeness (QED) is 0.722. The van der Waals surface area contributed by atoms with Gasteiger partial charge in [-0.25, -0.2) is 0 Å². The number of anilines is 1. The predicted octanol–water partition coefficient (Wildman–Crippen LogP) is 3.31. The van der Waals surface area contributed by atoms with E-state index in [1.807, 2.05) is 6.92 Å². The second-order valence-corrected chi connectivity index (χ2v) is 6.17. The summed E-state index contributed by atoms with van der Waals surface area (Å²) < 4.78 is 5.18. The van der Waals surface area contributed by atoms with Crippen molar-refractivity contribution in [2.24, 2.45) is 5.92 Å². The summed E-state index contributed by atoms with van der Waals surface area (Å²) in [6.45, 7) is 11.6. The Balaban J connectivity index is 1.92. The van der Waals surface area contributed by atoms with E-state index >= 15 is 0 Å². The summed E-state index contributed by atoms with van der Waals surface area (Å²) in [4.78, 5) is 16.6. The Morgan fingerprint density at radius 1 is 1.22 bits per heavy atom. The van der Waals surface area contributed by atoms with Gasteiger partial charge in [0.25, 0.3) is 0 Å². The Morgan fingerprint density at radius 3 is 2.52 bits per heavy atom. The van der Waals surface area contributed by atoms with Gasteiger partial charge in [-0.05, 0) is 57.9 Å². The van der Waals surface area contributed by atoms with E-state index in [9.17, 15) is 4.79 Å². The Morgan fingerprint density at radius 2 is 1.91 bits per heavy atom. The van der Waals surface area contributed by atoms with Crippen LogP contribution in [0.15, 0.2) is 24.3 Å². The predicted molar refractivity (Wildman–Crippen MR) is 94.6 cm³/mol. The van der Waals surface area contributed by atoms with E-state index in [-0.39, 0.29) is 11.9 Å². The van der Waals surface area contributed by atoms with Gasteiger partial charge in [0.05, 0.1) is 12.5 Å². The Labute approximate surface area is 140 Å². The smallest absolute Gasteiger partial charge is 0.310 e. The van der Waals surface area contributed by atoms with Gasteiger partial charge in [-0.1, -0.05) is 12.1 Å². The van der Waals surface area contributed by atoms with Crippen molar-refractivity contribution in [1.29, 1.82) is 0 Å². The van der Waals surface area contributed by atoms with Gasteiger partial charge in [-0.2, -0.15) is 0 Å². The molecule has 0 bridgehead atoms. The van der Waals surface area contributed by atoms with Crippen LogP contribution in [-0.2, 0) is 16.1 Å². The van der Waals surface area contributed by atoms with E-state index in [0.717, 1.165) is 45.6 Å². The molecule has 1 aliphatic heterocycles. The zero-order valence-electron chi connectivity index (χ0n) is 14.8. The molecule has 0 amide bonds. The lowest BCUT2D eigenvalue weighted by Crippen LogP contribution is -2.38. The van der Waals surface area contributed by atoms with Crippen molar-refractivity contribution in [2.75, 3.05) is 37.7 Å². The SMILES string of the molecule is CCOC(=O)C1CCCN(Cc2ccc(N(CC)CC)cc2)C1. The van der Waals surface area contributed by atoms with Crippen LogP contribution in [0.1, 0.15) is 39.2 Å². The van der Waals surface area contributed by atoms with Crippen LogP contribution in [0.5, 0.6) is 0 Å². The lowest BCUT2D eigenvalue weighted by Gasteiger charge is -2.31. The summed E-state index contributed by atoms with van der Waals surface area (Å²) in [6.07, 6.45) is 2.03. The molecule has 1 heterocycles. The van der Waals surface area contributed by atoms with E-state index in [0.29, 0.717) is 6.61 Å². The Kier molecular flexibility index (Phi) is 6.90. The summed E-state index contributed by atoms with van der Waals surface area (Å²) >= 11 is 0. The van der Waals surface area contributed by atoms with Crippen molar-refractivity contribution in [2.45, 2.75) is 40.2 Å². The summed E-state index contributed by atoms with van der Waals surface area (Å²) in [5.41, 5.74) is 2.59. The van der Waals surface area contributed by atoms with Crippen LogP contribution < -0.4 is 4.90 Å². The number of hydrogen-bond acceptors (Lipinski definition) is 4. The molecule has 0 aromatic heterocycles. The standard InChI is InChI=1S/C19H30N2O2/c1-4-21(5-2)18-11-9-16(10-12-18)14-20-13-7-8-17(15-20)19(22)23-6-3/h9-12,17H,4-8,13-15H2,1-3H3. The monoisotopic (exact) mass is 318 g/mol. The van der Waals surface area contributed by atoms with Crippen molar-refractivity contribution in [3.63, 3.8) is 0 Å². The Bertz CT molecular complexity index is 483. The summed E-state index contributed by atoms with van der Waals surface area (Å²) in [5.74, 6) is 0.00716. The van der Waals surface area contributed by atoms with Crippen LogP contribution in [-0.4, -0.2) is 43.7 Å². The van der Waals surface area contributed by atoms with Crippen molar-refractivity contribution in [3.8, 4) is 0 Å². The third kappa shape index (κ3) is 4.96. The molecule has 0 spiro atoms. The average molecular weight is 318 g/mol. The number of piperidine rings is 1. The molecule has 0 radical (unpaired) electrons. The number of rotatable bonds is 7. The van der Waals surface area contributed by atoms with Gasteiger partial charge < -0.3 is 9.64 Å². The van der Waals surface area contributed by atoms with Gasteiger partial charge in [-0.15, -0.1) is 0 Å². The first kappa shape index (κ1) is 17.8. The van der Waals surface area contributed by atoms with Crippen molar-refractivity contribution < 1.29 is 9.53 Å². The molecule has 0 N–H and O–H groups in total. The minimum atomic E-state index is -0.0333. The maximum Gasteiger partial charge on any atom is 0.310 e. The van der Waals surface area contributed by atoms with Crippen LogP contribution >= 0.6 is 0 Å². The third-order valence-corrected chi connectivity index (χ3v) is 4.60. The van der Waals surface area contributed by atoms with E-state index in [1.54, 1.807) is 0 Å². The molecule has 0 aliphatic carbocycles. The van der Waals surface area contributed by atoms with Crippen LogP contribution in [0.3, 0.4) is 0 Å². The molecule has 1 aliphatic rings. The Hall–Kier alpha value is -1.55. The fourth-order valence-corrected chi connectivity index (χ4v) is 3.31. The van der Waals surface area contributed by atoms with Crippen LogP contribution in [0.4, 0.5) is 5.69 Å². The van der Waals surface area contributed by atoms with Crippen LogP contribution in [0.2, 0.25) is 0 Å². The topological polar surface area (TPSA) is 32.8 Å². The lowest BCUT2D eigenvalue weighted by molar-refractivity contribution is -0.150. The van der Waals surface area contributed by atoms with Gasteiger partial charge in [0, 0.05) is 31.9 Å². The molecule has 1 aromatic carbocycles. The van der Waals surface area contributed by atoms with Crippen LogP contribution in [0, 0.1) is 5.92 Å². The highest BCUT2D eigenvalue weighted by molar-refractivity contribution is 5.72. The molecule has 1 fully saturated rings. The van der Waals surface area contributed by atoms with Gasteiger partial charge in [0.2, 0.25) is 0 Å². The van der Waals surface area contributed by atoms with Gasteiger partial charge in [-0.3, -0.25) is 9.69 Å². The van der Waals surface area contributed by atoms with Crippen LogP contribution in [0.25, 0.3) is 0 Å². The maximum atomic E-state index is 11.9. The highest BCUT2D eigenvalue weighted by Crippen LogP contribution is 2.21. The number of likely N-dealkylation sites (tertiary alicyclic amines) is 1. The van der Waals surface area contributed by atoms with Gasteiger partial charge in [0.15, 0.2) is 0 Å². The van der Waals surface area contributed by atoms with E-state index in [4.69, 9.17) is 4.74 Å². The number of hydrogen-bond donors (Lipinski definition) is 0. The normalized spacial score (nSPS) is 18.7. The molecular formula is C19H30N2O2. The summed E-state index contributed by atoms with van der Waals surface area (Å²) in [5, 5.41) is 0. The molecule has 23 heavy (non-hydrogen) atoms. The minimum Gasteiger partial charge on any atom is -0.466 e. The second-order valence-electron chi connectivity index (χ2n) is 6.17. The van der Waals surface area contributed by atoms with E-state index in [1.165, 1.54) is 11.3 Å². The fraction of sp³-hybridized carbons (Fsp3) is 0.632. The second kappa shape index (κ2) is 8.92. The van der Waals surface area contributed by atoms with Crippen molar-refractivity contribution in [1.82, 2.24) is 4.90 Å². The molecule has 1 saturated heterocycles. The van der Waals surface area contributed by atoms with E-state index < -0.39 is 0 Å². The lowest BCUT2D eigenvalue weighted by atomic mass is 9.97. The zero-order chi connectivity index (χ0) is 16.7. The largest absolute Gasteiger partial charge is 0.466 e. The molecule has 1 aromatic rings. The number of carbonyl (C=O) groups is 1. The molecule has 0 saturated carbocycles. The third-order valence-electron chi connectivity index (χ3n) is 4.60. The number of ether oxygens (including phenoxy) is 1. The van der Waals surface area contributed by atoms with Crippen molar-refractivity contribution in [3.05, 3.63) is 29.8 Å². The fourth-order valence-electron chi connectivity index (χ4n) is 3.31. The number of benzene rings is 1. The first-order valence-electron chi connectivity index (χ1n) is 8.90. The molecule has 1 unspecified atom stereocenters. The van der Waals surface area contributed by atoms with Gasteiger partial charge in [0.1, 0.15) is 0 Å². The zero-order valence-corrected chi connectivity index (χ0v) is 14.8. The molecule has 4 nitrogen and oxygen atoms in total. The first-order chi connectivity index (χ1) is 11.2. The molecular weight excluding hydrogens is 288 g/mol. The average Bonchev–Trinajstić information content (AvgIpc) is 2.58. The summed E-state index contributed by atoms with van der Waals surface area (Å²) in [6, 6.07) is 8.83. The molecule has 1 atom stereocenters. The molecule has 4 heteroatoms. The van der Waals surface area contributed by atoms with E-state index in [2.05, 4.69) is 47.9 Å². The maximum absolute atomic E-state index is 11.9. The summed E-state index contributed by atoms with van der Waals surface area (Å²) in [7, 11) is 0. The molecule has 2 rings (SSSR count). The number of carbonyl (C=O) groups excluding carboxylic acids is 1. The first-order valence-corrected chi connectivity index (χ1v) is 8.90. The highest BCUT2D eigenvalue weighted by atomic mass is 16.5. The highest BCUT2D eigenvalue weighted by Gasteiger charge is 2.26. The number of esters is 1. The number of nitrogens with zero attached hydrogens (tertiary/aromatic N) is 2.